The predicted octanol–water partition coefficient (Wildman–Crippen LogP) is 3.23. The van der Waals surface area contributed by atoms with E-state index in [0.717, 1.165) is 40.5 Å². The van der Waals surface area contributed by atoms with Crippen LogP contribution in [-0.2, 0) is 9.53 Å². The number of methoxy groups -OCH3 is 1. The fraction of sp³-hybridized carbons (Fsp3) is 0.500. The number of anilines is 1. The van der Waals surface area contributed by atoms with Crippen LogP contribution >= 0.6 is 11.3 Å². The van der Waals surface area contributed by atoms with Crippen molar-refractivity contribution in [1.82, 2.24) is 4.98 Å². The Labute approximate surface area is 133 Å². The molecule has 0 aliphatic carbocycles. The highest BCUT2D eigenvalue weighted by atomic mass is 32.1. The van der Waals surface area contributed by atoms with Crippen molar-refractivity contribution in [2.75, 3.05) is 25.2 Å². The van der Waals surface area contributed by atoms with E-state index in [1.54, 1.807) is 12.0 Å². The molecule has 1 aromatic heterocycles. The number of carbonyl (C=O) groups is 1. The fourth-order valence-electron chi connectivity index (χ4n) is 2.66. The van der Waals surface area contributed by atoms with Crippen molar-refractivity contribution >= 4 is 32.6 Å². The summed E-state index contributed by atoms with van der Waals surface area (Å²) < 4.78 is 12.1. The summed E-state index contributed by atoms with van der Waals surface area (Å²) in [6, 6.07) is 5.83. The summed E-state index contributed by atoms with van der Waals surface area (Å²) in [5, 5.41) is 0.724. The van der Waals surface area contributed by atoms with Gasteiger partial charge in [-0.3, -0.25) is 9.69 Å². The molecule has 6 heteroatoms. The van der Waals surface area contributed by atoms with Crippen LogP contribution in [0.2, 0.25) is 0 Å². The molecule has 22 heavy (non-hydrogen) atoms. The first kappa shape index (κ1) is 15.2. The number of amides is 1. The Bertz CT molecular complexity index is 664. The zero-order valence-corrected chi connectivity index (χ0v) is 13.7. The standard InChI is InChI=1S/C16H20N2O3S/c1-3-14(19)18(10-11-6-5-9-21-11)16-17-15-12(20-2)7-4-8-13(15)22-16/h4,7-8,11H,3,5-6,9-10H2,1-2H3/t11-/m0/s1. The van der Waals surface area contributed by atoms with Crippen molar-refractivity contribution < 1.29 is 14.3 Å². The lowest BCUT2D eigenvalue weighted by Gasteiger charge is -2.22. The molecule has 5 nitrogen and oxygen atoms in total. The molecule has 2 aromatic rings. The maximum absolute atomic E-state index is 12.3. The second-order valence-corrected chi connectivity index (χ2v) is 6.31. The Morgan fingerprint density at radius 2 is 2.41 bits per heavy atom. The lowest BCUT2D eigenvalue weighted by molar-refractivity contribution is -0.118. The summed E-state index contributed by atoms with van der Waals surface area (Å²) in [6.07, 6.45) is 2.64. The van der Waals surface area contributed by atoms with Gasteiger partial charge in [-0.05, 0) is 25.0 Å². The second-order valence-electron chi connectivity index (χ2n) is 5.30. The highest BCUT2D eigenvalue weighted by Gasteiger charge is 2.25. The summed E-state index contributed by atoms with van der Waals surface area (Å²) >= 11 is 1.52. The van der Waals surface area contributed by atoms with E-state index in [0.29, 0.717) is 13.0 Å². The molecule has 0 unspecified atom stereocenters. The monoisotopic (exact) mass is 320 g/mol. The van der Waals surface area contributed by atoms with E-state index < -0.39 is 0 Å². The Kier molecular flexibility index (Phi) is 4.59. The van der Waals surface area contributed by atoms with Gasteiger partial charge in [0.05, 0.1) is 24.5 Å². The van der Waals surface area contributed by atoms with E-state index in [1.807, 2.05) is 25.1 Å². The van der Waals surface area contributed by atoms with Gasteiger partial charge in [-0.15, -0.1) is 0 Å². The number of hydrogen-bond donors (Lipinski definition) is 0. The van der Waals surface area contributed by atoms with Crippen molar-refractivity contribution in [3.63, 3.8) is 0 Å². The normalized spacial score (nSPS) is 17.8. The highest BCUT2D eigenvalue weighted by molar-refractivity contribution is 7.22. The third-order valence-electron chi connectivity index (χ3n) is 3.84. The molecule has 1 atom stereocenters. The Hall–Kier alpha value is -1.66. The average molecular weight is 320 g/mol. The molecule has 118 valence electrons. The zero-order chi connectivity index (χ0) is 15.5. The van der Waals surface area contributed by atoms with Gasteiger partial charge in [0.25, 0.3) is 0 Å². The van der Waals surface area contributed by atoms with Gasteiger partial charge in [0.1, 0.15) is 11.3 Å². The number of thiazole rings is 1. The largest absolute Gasteiger partial charge is 0.494 e. The molecule has 1 amide bonds. The third-order valence-corrected chi connectivity index (χ3v) is 4.88. The van der Waals surface area contributed by atoms with Crippen LogP contribution in [-0.4, -0.2) is 37.3 Å². The van der Waals surface area contributed by atoms with Crippen molar-refractivity contribution in [3.05, 3.63) is 18.2 Å². The van der Waals surface area contributed by atoms with Gasteiger partial charge in [0, 0.05) is 13.0 Å². The lowest BCUT2D eigenvalue weighted by Crippen LogP contribution is -2.37. The van der Waals surface area contributed by atoms with Crippen LogP contribution in [0.5, 0.6) is 5.75 Å². The van der Waals surface area contributed by atoms with E-state index in [4.69, 9.17) is 9.47 Å². The van der Waals surface area contributed by atoms with E-state index in [2.05, 4.69) is 4.98 Å². The molecule has 1 aromatic carbocycles. The van der Waals surface area contributed by atoms with Gasteiger partial charge >= 0.3 is 0 Å². The van der Waals surface area contributed by atoms with Gasteiger partial charge in [0.2, 0.25) is 5.91 Å². The Balaban J connectivity index is 1.94. The van der Waals surface area contributed by atoms with E-state index in [-0.39, 0.29) is 12.0 Å². The maximum atomic E-state index is 12.3. The molecule has 0 bridgehead atoms. The van der Waals surface area contributed by atoms with Crippen LogP contribution in [0.4, 0.5) is 5.13 Å². The molecular weight excluding hydrogens is 300 g/mol. The number of rotatable bonds is 5. The molecule has 2 heterocycles. The first-order chi connectivity index (χ1) is 10.7. The fourth-order valence-corrected chi connectivity index (χ4v) is 3.67. The number of hydrogen-bond acceptors (Lipinski definition) is 5. The maximum Gasteiger partial charge on any atom is 0.228 e. The van der Waals surface area contributed by atoms with Gasteiger partial charge in [-0.1, -0.05) is 24.3 Å². The summed E-state index contributed by atoms with van der Waals surface area (Å²) in [4.78, 5) is 18.7. The predicted molar refractivity (Wildman–Crippen MR) is 87.8 cm³/mol. The molecule has 0 saturated carbocycles. The SMILES string of the molecule is CCC(=O)N(C[C@@H]1CCCO1)c1nc2c(OC)cccc2s1. The smallest absolute Gasteiger partial charge is 0.228 e. The molecule has 0 N–H and O–H groups in total. The van der Waals surface area contributed by atoms with Crippen LogP contribution in [0.25, 0.3) is 10.2 Å². The Morgan fingerprint density at radius 1 is 1.55 bits per heavy atom. The lowest BCUT2D eigenvalue weighted by atomic mass is 10.2. The number of benzene rings is 1. The number of fused-ring (bicyclic) bond motifs is 1. The van der Waals surface area contributed by atoms with Crippen LogP contribution < -0.4 is 9.64 Å². The summed E-state index contributed by atoms with van der Waals surface area (Å²) in [5.74, 6) is 0.814. The molecular formula is C16H20N2O3S. The number of ether oxygens (including phenoxy) is 2. The zero-order valence-electron chi connectivity index (χ0n) is 12.9. The molecule has 1 fully saturated rings. The van der Waals surface area contributed by atoms with Gasteiger partial charge in [-0.2, -0.15) is 0 Å². The summed E-state index contributed by atoms with van der Waals surface area (Å²) in [7, 11) is 1.63. The molecule has 1 aliphatic rings. The molecule has 1 aliphatic heterocycles. The number of nitrogens with zero attached hydrogens (tertiary/aromatic N) is 2. The minimum Gasteiger partial charge on any atom is -0.494 e. The van der Waals surface area contributed by atoms with Crippen LogP contribution in [0.1, 0.15) is 26.2 Å². The van der Waals surface area contributed by atoms with Gasteiger partial charge in [-0.25, -0.2) is 4.98 Å². The van der Waals surface area contributed by atoms with E-state index in [1.165, 1.54) is 11.3 Å². The first-order valence-corrected chi connectivity index (χ1v) is 8.40. The highest BCUT2D eigenvalue weighted by Crippen LogP contribution is 2.34. The van der Waals surface area contributed by atoms with E-state index >= 15 is 0 Å². The number of aromatic nitrogens is 1. The van der Waals surface area contributed by atoms with Crippen molar-refractivity contribution in [2.24, 2.45) is 0 Å². The topological polar surface area (TPSA) is 51.7 Å². The minimum atomic E-state index is 0.0773. The van der Waals surface area contributed by atoms with Crippen molar-refractivity contribution in [2.45, 2.75) is 32.3 Å². The number of para-hydroxylation sites is 1. The van der Waals surface area contributed by atoms with Crippen molar-refractivity contribution in [3.8, 4) is 5.75 Å². The minimum absolute atomic E-state index is 0.0773. The van der Waals surface area contributed by atoms with Crippen LogP contribution in [0.3, 0.4) is 0 Å². The van der Waals surface area contributed by atoms with E-state index in [9.17, 15) is 4.79 Å². The van der Waals surface area contributed by atoms with Crippen LogP contribution in [0.15, 0.2) is 18.2 Å². The molecule has 0 radical (unpaired) electrons. The second kappa shape index (κ2) is 6.62. The Morgan fingerprint density at radius 3 is 3.09 bits per heavy atom. The summed E-state index contributed by atoms with van der Waals surface area (Å²) in [6.45, 7) is 3.24. The third kappa shape index (κ3) is 2.94. The average Bonchev–Trinajstić information content (AvgIpc) is 3.20. The summed E-state index contributed by atoms with van der Waals surface area (Å²) in [5.41, 5.74) is 0.811. The molecule has 3 rings (SSSR count). The number of carbonyl (C=O) groups excluding carboxylic acids is 1. The van der Waals surface area contributed by atoms with Gasteiger partial charge in [0.15, 0.2) is 5.13 Å². The van der Waals surface area contributed by atoms with Crippen LogP contribution in [0, 0.1) is 0 Å². The quantitative estimate of drug-likeness (QED) is 0.849. The molecule has 0 spiro atoms. The first-order valence-electron chi connectivity index (χ1n) is 7.58. The molecule has 1 saturated heterocycles. The van der Waals surface area contributed by atoms with Crippen molar-refractivity contribution in [1.29, 1.82) is 0 Å². The van der Waals surface area contributed by atoms with Gasteiger partial charge < -0.3 is 9.47 Å².